The molecule has 0 saturated carbocycles. The van der Waals surface area contributed by atoms with Crippen molar-refractivity contribution in [3.05, 3.63) is 58.7 Å². The first-order chi connectivity index (χ1) is 17.0. The Morgan fingerprint density at radius 3 is 2.43 bits per heavy atom. The molecule has 0 aromatic rings. The SMILES string of the molecule is CC(C=CC1=C(C)CCCC1(C)C)=CC=CC(C)=CC(=O)C(OP(=O)([O-])OCC[N+](C)(C)C)[C@@H](O)CO. The molecule has 0 spiro atoms. The van der Waals surface area contributed by atoms with E-state index in [4.69, 9.17) is 9.05 Å². The van der Waals surface area contributed by atoms with Gasteiger partial charge >= 0.3 is 0 Å². The summed E-state index contributed by atoms with van der Waals surface area (Å²) in [4.78, 5) is 24.9. The highest BCUT2D eigenvalue weighted by Gasteiger charge is 2.31. The molecular formula is C28H46NO7P. The molecule has 0 radical (unpaired) electrons. The normalized spacial score (nSPS) is 20.9. The van der Waals surface area contributed by atoms with E-state index in [0.29, 0.717) is 16.6 Å². The van der Waals surface area contributed by atoms with Gasteiger partial charge in [0.05, 0.1) is 27.7 Å². The minimum Gasteiger partial charge on any atom is -0.756 e. The highest BCUT2D eigenvalue weighted by molar-refractivity contribution is 7.45. The molecule has 0 aromatic carbocycles. The van der Waals surface area contributed by atoms with Crippen molar-refractivity contribution in [3.8, 4) is 0 Å². The Morgan fingerprint density at radius 2 is 1.86 bits per heavy atom. The van der Waals surface area contributed by atoms with E-state index in [9.17, 15) is 24.5 Å². The lowest BCUT2D eigenvalue weighted by Gasteiger charge is -2.32. The van der Waals surface area contributed by atoms with E-state index >= 15 is 0 Å². The number of hydrogen-bond acceptors (Lipinski definition) is 7. The standard InChI is InChI=1S/C28H46NO7P/c1-21(14-15-24-23(3)13-10-16-28(24,4)5)11-9-12-22(2)19-25(31)27(26(32)20-30)36-37(33,34)35-18-17-29(6,7)8/h9,11-12,14-15,19,26-27,30,32H,10,13,16-18,20H2,1-8H3/t26-,27?/m0/s1. The molecule has 1 aliphatic carbocycles. The van der Waals surface area contributed by atoms with Crippen molar-refractivity contribution in [2.75, 3.05) is 40.9 Å². The lowest BCUT2D eigenvalue weighted by atomic mass is 9.72. The summed E-state index contributed by atoms with van der Waals surface area (Å²) >= 11 is 0. The van der Waals surface area contributed by atoms with Gasteiger partial charge in [0.25, 0.3) is 7.82 Å². The molecule has 3 atom stereocenters. The molecule has 1 aliphatic rings. The van der Waals surface area contributed by atoms with Gasteiger partial charge in [0.1, 0.15) is 19.3 Å². The molecular weight excluding hydrogens is 493 g/mol. The van der Waals surface area contributed by atoms with Gasteiger partial charge in [-0.15, -0.1) is 0 Å². The van der Waals surface area contributed by atoms with E-state index in [-0.39, 0.29) is 12.0 Å². The molecule has 0 fully saturated rings. The highest BCUT2D eigenvalue weighted by atomic mass is 31.2. The Balaban J connectivity index is 2.88. The van der Waals surface area contributed by atoms with Crippen LogP contribution in [0.15, 0.2) is 58.7 Å². The average Bonchev–Trinajstić information content (AvgIpc) is 2.75. The van der Waals surface area contributed by atoms with Gasteiger partial charge in [-0.3, -0.25) is 9.36 Å². The van der Waals surface area contributed by atoms with Crippen molar-refractivity contribution in [2.24, 2.45) is 5.41 Å². The molecule has 8 nitrogen and oxygen atoms in total. The monoisotopic (exact) mass is 539 g/mol. The quantitative estimate of drug-likeness (QED) is 0.148. The summed E-state index contributed by atoms with van der Waals surface area (Å²) in [6.45, 7) is 9.79. The topological polar surface area (TPSA) is 116 Å². The van der Waals surface area contributed by atoms with E-state index < -0.39 is 32.4 Å². The van der Waals surface area contributed by atoms with Crippen LogP contribution in [0.4, 0.5) is 0 Å². The molecule has 9 heteroatoms. The number of phosphoric ester groups is 1. The van der Waals surface area contributed by atoms with Crippen molar-refractivity contribution in [1.82, 2.24) is 0 Å². The first kappa shape index (κ1) is 33.4. The summed E-state index contributed by atoms with van der Waals surface area (Å²) in [5.74, 6) is -0.794. The summed E-state index contributed by atoms with van der Waals surface area (Å²) in [7, 11) is 0.714. The summed E-state index contributed by atoms with van der Waals surface area (Å²) in [5.41, 5.74) is 4.53. The number of aliphatic hydroxyl groups is 2. The Labute approximate surface area is 222 Å². The van der Waals surface area contributed by atoms with Gasteiger partial charge in [0, 0.05) is 0 Å². The fraction of sp³-hybridized carbons (Fsp3) is 0.607. The Kier molecular flexibility index (Phi) is 13.1. The molecule has 1 rings (SSSR count). The number of quaternary nitrogens is 1. The zero-order valence-electron chi connectivity index (χ0n) is 23.7. The number of hydrogen-bond donors (Lipinski definition) is 2. The molecule has 2 N–H and O–H groups in total. The number of ketones is 1. The lowest BCUT2D eigenvalue weighted by molar-refractivity contribution is -0.870. The maximum Gasteiger partial charge on any atom is 0.268 e. The van der Waals surface area contributed by atoms with Crippen molar-refractivity contribution < 1.29 is 38.0 Å². The predicted octanol–water partition coefficient (Wildman–Crippen LogP) is 4.02. The van der Waals surface area contributed by atoms with Crippen molar-refractivity contribution >= 4 is 13.6 Å². The van der Waals surface area contributed by atoms with E-state index in [1.165, 1.54) is 30.1 Å². The average molecular weight is 540 g/mol. The summed E-state index contributed by atoms with van der Waals surface area (Å²) < 4.78 is 22.3. The van der Waals surface area contributed by atoms with Crippen LogP contribution in [0.1, 0.15) is 53.9 Å². The zero-order chi connectivity index (χ0) is 28.4. The van der Waals surface area contributed by atoms with Crippen molar-refractivity contribution in [3.63, 3.8) is 0 Å². The third-order valence-electron chi connectivity index (χ3n) is 6.21. The van der Waals surface area contributed by atoms with Gasteiger partial charge in [-0.1, -0.05) is 55.4 Å². The van der Waals surface area contributed by atoms with Crippen molar-refractivity contribution in [1.29, 1.82) is 0 Å². The fourth-order valence-corrected chi connectivity index (χ4v) is 4.88. The maximum absolute atomic E-state index is 12.7. The van der Waals surface area contributed by atoms with Crippen LogP contribution >= 0.6 is 7.82 Å². The number of likely N-dealkylation sites (N-methyl/N-ethyl adjacent to an activating group) is 1. The molecule has 210 valence electrons. The zero-order valence-corrected chi connectivity index (χ0v) is 24.6. The molecule has 2 unspecified atom stereocenters. The number of aliphatic hydroxyl groups excluding tert-OH is 2. The molecule has 0 amide bonds. The predicted molar refractivity (Wildman–Crippen MR) is 146 cm³/mol. The van der Waals surface area contributed by atoms with Crippen LogP contribution in [0.3, 0.4) is 0 Å². The second kappa shape index (κ2) is 14.5. The van der Waals surface area contributed by atoms with E-state index in [0.717, 1.165) is 12.0 Å². The number of phosphoric acid groups is 1. The second-order valence-electron chi connectivity index (χ2n) is 11.4. The molecule has 0 aliphatic heterocycles. The molecule has 0 bridgehead atoms. The van der Waals surface area contributed by atoms with Gasteiger partial charge in [0.2, 0.25) is 0 Å². The lowest BCUT2D eigenvalue weighted by Crippen LogP contribution is -2.40. The van der Waals surface area contributed by atoms with Crippen molar-refractivity contribution in [2.45, 2.75) is 66.1 Å². The van der Waals surface area contributed by atoms with Gasteiger partial charge < -0.3 is 28.6 Å². The minimum absolute atomic E-state index is 0.146. The van der Waals surface area contributed by atoms with E-state index in [2.05, 4.69) is 32.9 Å². The first-order valence-corrected chi connectivity index (χ1v) is 14.1. The molecule has 0 aromatic heterocycles. The Hall–Kier alpha value is -1.64. The van der Waals surface area contributed by atoms with Crippen LogP contribution in [0.2, 0.25) is 0 Å². The number of carbonyl (C=O) groups is 1. The Bertz CT molecular complexity index is 983. The third-order valence-corrected chi connectivity index (χ3v) is 7.20. The maximum atomic E-state index is 12.7. The number of allylic oxidation sites excluding steroid dienone is 9. The van der Waals surface area contributed by atoms with Crippen LogP contribution < -0.4 is 4.89 Å². The van der Waals surface area contributed by atoms with Crippen LogP contribution in [-0.2, 0) is 18.4 Å². The van der Waals surface area contributed by atoms with E-state index in [1.54, 1.807) is 19.1 Å². The van der Waals surface area contributed by atoms with Gasteiger partial charge in [-0.25, -0.2) is 0 Å². The fourth-order valence-electron chi connectivity index (χ4n) is 3.99. The van der Waals surface area contributed by atoms with E-state index in [1.807, 2.05) is 34.1 Å². The van der Waals surface area contributed by atoms with Gasteiger partial charge in [-0.2, -0.15) is 0 Å². The smallest absolute Gasteiger partial charge is 0.268 e. The largest absolute Gasteiger partial charge is 0.756 e. The number of carbonyl (C=O) groups excluding carboxylic acids is 1. The summed E-state index contributed by atoms with van der Waals surface area (Å²) in [5, 5.41) is 19.3. The summed E-state index contributed by atoms with van der Waals surface area (Å²) in [6.07, 6.45) is 10.8. The second-order valence-corrected chi connectivity index (χ2v) is 12.8. The Morgan fingerprint density at radius 1 is 1.22 bits per heavy atom. The number of nitrogens with zero attached hydrogens (tertiary/aromatic N) is 1. The molecule has 0 saturated heterocycles. The molecule has 37 heavy (non-hydrogen) atoms. The third kappa shape index (κ3) is 12.6. The molecule has 0 heterocycles. The highest BCUT2D eigenvalue weighted by Crippen LogP contribution is 2.41. The van der Waals surface area contributed by atoms with Crippen LogP contribution in [0, 0.1) is 5.41 Å². The minimum atomic E-state index is -4.89. The summed E-state index contributed by atoms with van der Waals surface area (Å²) in [6, 6.07) is 0. The van der Waals surface area contributed by atoms with Crippen LogP contribution in [0.25, 0.3) is 0 Å². The van der Waals surface area contributed by atoms with Crippen LogP contribution in [0.5, 0.6) is 0 Å². The van der Waals surface area contributed by atoms with Gasteiger partial charge in [-0.05, 0) is 62.7 Å². The van der Waals surface area contributed by atoms with Gasteiger partial charge in [0.15, 0.2) is 11.9 Å². The van der Waals surface area contributed by atoms with Crippen LogP contribution in [-0.4, -0.2) is 73.6 Å². The first-order valence-electron chi connectivity index (χ1n) is 12.7. The number of rotatable bonds is 14.